The Morgan fingerprint density at radius 3 is 2.50 bits per heavy atom. The van der Waals surface area contributed by atoms with E-state index in [4.69, 9.17) is 5.84 Å². The van der Waals surface area contributed by atoms with Crippen LogP contribution >= 0.6 is 0 Å². The molecule has 3 N–H and O–H groups in total. The van der Waals surface area contributed by atoms with Gasteiger partial charge in [-0.15, -0.1) is 0 Å². The van der Waals surface area contributed by atoms with Crippen LogP contribution in [0.1, 0.15) is 36.2 Å². The van der Waals surface area contributed by atoms with Crippen molar-refractivity contribution in [2.75, 3.05) is 0 Å². The van der Waals surface area contributed by atoms with Crippen LogP contribution in [0.5, 0.6) is 0 Å². The number of aromatic nitrogens is 2. The summed E-state index contributed by atoms with van der Waals surface area (Å²) in [4.78, 5) is 0. The third-order valence-electron chi connectivity index (χ3n) is 3.17. The first-order valence-electron chi connectivity index (χ1n) is 6.29. The van der Waals surface area contributed by atoms with Crippen LogP contribution in [-0.2, 0) is 13.5 Å². The molecule has 96 valence electrons. The van der Waals surface area contributed by atoms with Crippen molar-refractivity contribution in [2.45, 2.75) is 25.8 Å². The van der Waals surface area contributed by atoms with Gasteiger partial charge in [-0.05, 0) is 23.6 Å². The maximum absolute atomic E-state index is 5.67. The molecular formula is C14H20N4. The summed E-state index contributed by atoms with van der Waals surface area (Å²) in [7, 11) is 1.92. The Morgan fingerprint density at radius 1 is 1.28 bits per heavy atom. The molecule has 2 aromatic rings. The van der Waals surface area contributed by atoms with Crippen LogP contribution in [0.25, 0.3) is 0 Å². The second-order valence-electron chi connectivity index (χ2n) is 4.47. The molecule has 2 rings (SSSR count). The number of nitrogens with one attached hydrogen (secondary N) is 1. The molecule has 1 atom stereocenters. The van der Waals surface area contributed by atoms with Crippen LogP contribution < -0.4 is 11.3 Å². The van der Waals surface area contributed by atoms with Crippen molar-refractivity contribution in [3.63, 3.8) is 0 Å². The lowest BCUT2D eigenvalue weighted by Crippen LogP contribution is -2.30. The zero-order valence-electron chi connectivity index (χ0n) is 10.9. The van der Waals surface area contributed by atoms with Crippen LogP contribution in [-0.4, -0.2) is 9.78 Å². The minimum absolute atomic E-state index is 0.0202. The largest absolute Gasteiger partial charge is 0.271 e. The average molecular weight is 244 g/mol. The summed E-state index contributed by atoms with van der Waals surface area (Å²) >= 11 is 0. The molecule has 0 saturated carbocycles. The second kappa shape index (κ2) is 5.80. The van der Waals surface area contributed by atoms with E-state index in [0.29, 0.717) is 0 Å². The van der Waals surface area contributed by atoms with Crippen LogP contribution in [0.15, 0.2) is 36.5 Å². The molecule has 0 saturated heterocycles. The standard InChI is InChI=1S/C14H20N4/c1-3-4-11-5-7-12(8-6-11)14(17-15)13-9-10-16-18(13)2/h5-10,14,17H,3-4,15H2,1-2H3. The summed E-state index contributed by atoms with van der Waals surface area (Å²) < 4.78 is 1.84. The molecular weight excluding hydrogens is 224 g/mol. The fraction of sp³-hybridized carbons (Fsp3) is 0.357. The molecule has 0 aliphatic carbocycles. The number of hydrogen-bond donors (Lipinski definition) is 2. The first kappa shape index (κ1) is 12.8. The summed E-state index contributed by atoms with van der Waals surface area (Å²) in [6.45, 7) is 2.19. The van der Waals surface area contributed by atoms with Crippen LogP contribution in [0.2, 0.25) is 0 Å². The number of rotatable bonds is 5. The maximum Gasteiger partial charge on any atom is 0.0878 e. The lowest BCUT2D eigenvalue weighted by Gasteiger charge is -2.17. The molecule has 0 spiro atoms. The molecule has 1 aromatic carbocycles. The Morgan fingerprint density at radius 2 is 2.00 bits per heavy atom. The van der Waals surface area contributed by atoms with Crippen molar-refractivity contribution in [2.24, 2.45) is 12.9 Å². The van der Waals surface area contributed by atoms with Gasteiger partial charge in [0.15, 0.2) is 0 Å². The fourth-order valence-corrected chi connectivity index (χ4v) is 2.19. The minimum atomic E-state index is -0.0202. The van der Waals surface area contributed by atoms with Gasteiger partial charge in [0.05, 0.1) is 11.7 Å². The molecule has 4 heteroatoms. The quantitative estimate of drug-likeness (QED) is 0.624. The van der Waals surface area contributed by atoms with Crippen LogP contribution in [0, 0.1) is 0 Å². The molecule has 4 nitrogen and oxygen atoms in total. The molecule has 0 aliphatic heterocycles. The summed E-state index contributed by atoms with van der Waals surface area (Å²) in [5, 5.41) is 4.18. The lowest BCUT2D eigenvalue weighted by molar-refractivity contribution is 0.575. The number of aryl methyl sites for hydroxylation is 2. The zero-order chi connectivity index (χ0) is 13.0. The van der Waals surface area contributed by atoms with E-state index in [-0.39, 0.29) is 6.04 Å². The van der Waals surface area contributed by atoms with E-state index < -0.39 is 0 Å². The van der Waals surface area contributed by atoms with E-state index in [1.54, 1.807) is 6.20 Å². The van der Waals surface area contributed by atoms with Gasteiger partial charge in [0.25, 0.3) is 0 Å². The second-order valence-corrected chi connectivity index (χ2v) is 4.47. The van der Waals surface area contributed by atoms with Crippen LogP contribution in [0.4, 0.5) is 0 Å². The molecule has 1 heterocycles. The summed E-state index contributed by atoms with van der Waals surface area (Å²) in [5.74, 6) is 5.67. The van der Waals surface area contributed by atoms with Crippen LogP contribution in [0.3, 0.4) is 0 Å². The first-order chi connectivity index (χ1) is 8.76. The van der Waals surface area contributed by atoms with Gasteiger partial charge in [0, 0.05) is 13.2 Å². The summed E-state index contributed by atoms with van der Waals surface area (Å²) in [6, 6.07) is 10.5. The maximum atomic E-state index is 5.67. The van der Waals surface area contributed by atoms with E-state index in [9.17, 15) is 0 Å². The van der Waals surface area contributed by atoms with E-state index in [1.165, 1.54) is 12.0 Å². The van der Waals surface area contributed by atoms with Gasteiger partial charge in [-0.1, -0.05) is 37.6 Å². The van der Waals surface area contributed by atoms with Gasteiger partial charge in [-0.2, -0.15) is 5.10 Å². The molecule has 0 fully saturated rings. The van der Waals surface area contributed by atoms with E-state index in [1.807, 2.05) is 17.8 Å². The van der Waals surface area contributed by atoms with Gasteiger partial charge in [0.2, 0.25) is 0 Å². The molecule has 0 amide bonds. The smallest absolute Gasteiger partial charge is 0.0878 e. The zero-order valence-corrected chi connectivity index (χ0v) is 10.9. The number of nitrogens with two attached hydrogens (primary N) is 1. The molecule has 18 heavy (non-hydrogen) atoms. The van der Waals surface area contributed by atoms with Gasteiger partial charge >= 0.3 is 0 Å². The number of nitrogens with zero attached hydrogens (tertiary/aromatic N) is 2. The van der Waals surface area contributed by atoms with Crippen molar-refractivity contribution < 1.29 is 0 Å². The van der Waals surface area contributed by atoms with Crippen molar-refractivity contribution >= 4 is 0 Å². The summed E-state index contributed by atoms with van der Waals surface area (Å²) in [6.07, 6.45) is 4.07. The Bertz CT molecular complexity index is 487. The van der Waals surface area contributed by atoms with Gasteiger partial charge < -0.3 is 0 Å². The third-order valence-corrected chi connectivity index (χ3v) is 3.17. The SMILES string of the molecule is CCCc1ccc(C(NN)c2ccnn2C)cc1. The van der Waals surface area contributed by atoms with E-state index in [0.717, 1.165) is 17.7 Å². The number of hydrazine groups is 1. The third kappa shape index (κ3) is 2.60. The fourth-order valence-electron chi connectivity index (χ4n) is 2.19. The minimum Gasteiger partial charge on any atom is -0.271 e. The molecule has 1 aromatic heterocycles. The highest BCUT2D eigenvalue weighted by molar-refractivity contribution is 5.30. The predicted octanol–water partition coefficient (Wildman–Crippen LogP) is 1.93. The number of benzene rings is 1. The van der Waals surface area contributed by atoms with E-state index >= 15 is 0 Å². The topological polar surface area (TPSA) is 55.9 Å². The summed E-state index contributed by atoms with van der Waals surface area (Å²) in [5.41, 5.74) is 6.43. The van der Waals surface area contributed by atoms with Crippen molar-refractivity contribution in [1.29, 1.82) is 0 Å². The monoisotopic (exact) mass is 244 g/mol. The highest BCUT2D eigenvalue weighted by Gasteiger charge is 2.15. The normalized spacial score (nSPS) is 12.6. The van der Waals surface area contributed by atoms with Crippen molar-refractivity contribution in [1.82, 2.24) is 15.2 Å². The highest BCUT2D eigenvalue weighted by atomic mass is 15.3. The molecule has 0 aliphatic rings. The van der Waals surface area contributed by atoms with Gasteiger partial charge in [-0.3, -0.25) is 10.5 Å². The average Bonchev–Trinajstić information content (AvgIpc) is 2.79. The Labute approximate surface area is 108 Å². The Hall–Kier alpha value is -1.65. The lowest BCUT2D eigenvalue weighted by atomic mass is 10.0. The molecule has 1 unspecified atom stereocenters. The van der Waals surface area contributed by atoms with Crippen molar-refractivity contribution in [3.05, 3.63) is 53.3 Å². The predicted molar refractivity (Wildman–Crippen MR) is 72.8 cm³/mol. The van der Waals surface area contributed by atoms with Crippen molar-refractivity contribution in [3.8, 4) is 0 Å². The molecule has 0 radical (unpaired) electrons. The Kier molecular flexibility index (Phi) is 4.12. The first-order valence-corrected chi connectivity index (χ1v) is 6.29. The van der Waals surface area contributed by atoms with Gasteiger partial charge in [0.1, 0.15) is 0 Å². The Balaban J connectivity index is 2.25. The number of hydrogen-bond acceptors (Lipinski definition) is 3. The van der Waals surface area contributed by atoms with Gasteiger partial charge in [-0.25, -0.2) is 5.43 Å². The van der Waals surface area contributed by atoms with E-state index in [2.05, 4.69) is 41.7 Å². The molecule has 0 bridgehead atoms. The highest BCUT2D eigenvalue weighted by Crippen LogP contribution is 2.21.